The second-order valence-corrected chi connectivity index (χ2v) is 5.56. The van der Waals surface area contributed by atoms with Gasteiger partial charge in [-0.3, -0.25) is 0 Å². The van der Waals surface area contributed by atoms with Crippen LogP contribution in [0.4, 0.5) is 0 Å². The highest BCUT2D eigenvalue weighted by Crippen LogP contribution is 2.35. The Morgan fingerprint density at radius 1 is 0.783 bits per heavy atom. The summed E-state index contributed by atoms with van der Waals surface area (Å²) in [5.41, 5.74) is 0. The lowest BCUT2D eigenvalue weighted by molar-refractivity contribution is -0.383. The average molecular weight is 342 g/mol. The van der Waals surface area contributed by atoms with Gasteiger partial charge in [-0.25, -0.2) is 0 Å². The maximum atomic E-state index is 10.00. The van der Waals surface area contributed by atoms with Crippen molar-refractivity contribution in [1.82, 2.24) is 0 Å². The second kappa shape index (κ2) is 7.21. The van der Waals surface area contributed by atoms with Crippen LogP contribution in [0.2, 0.25) is 0 Å². The smallest absolute Gasteiger partial charge is 0.224 e. The normalized spacial score (nSPS) is 51.1. The molecule has 8 N–H and O–H groups in total. The number of hydrogen-bond donors (Lipinski definition) is 8. The van der Waals surface area contributed by atoms with Gasteiger partial charge in [0.15, 0.2) is 6.29 Å². The monoisotopic (exact) mass is 342 g/mol. The Balaban J connectivity index is 2.18. The highest BCUT2D eigenvalue weighted by atomic mass is 16.8. The van der Waals surface area contributed by atoms with Gasteiger partial charge in [-0.1, -0.05) is 0 Å². The SMILES string of the molecule is OCC1O[C@@H](O[C@]2(CO)O[C@@H](CO)C(O)C2O)C(O)C(O)[C@H]1O. The summed E-state index contributed by atoms with van der Waals surface area (Å²) in [7, 11) is 0. The van der Waals surface area contributed by atoms with Gasteiger partial charge in [0.1, 0.15) is 49.3 Å². The highest BCUT2D eigenvalue weighted by Gasteiger charge is 2.58. The van der Waals surface area contributed by atoms with Crippen molar-refractivity contribution in [2.24, 2.45) is 0 Å². The second-order valence-electron chi connectivity index (χ2n) is 5.56. The minimum absolute atomic E-state index is 0.669. The summed E-state index contributed by atoms with van der Waals surface area (Å²) in [6.45, 7) is -2.32. The van der Waals surface area contributed by atoms with E-state index in [4.69, 9.17) is 24.4 Å². The summed E-state index contributed by atoms with van der Waals surface area (Å²) in [6.07, 6.45) is -12.7. The van der Waals surface area contributed by atoms with Crippen molar-refractivity contribution in [3.63, 3.8) is 0 Å². The Kier molecular flexibility index (Phi) is 5.92. The van der Waals surface area contributed by atoms with Gasteiger partial charge in [0.25, 0.3) is 0 Å². The molecule has 0 aromatic heterocycles. The van der Waals surface area contributed by atoms with E-state index in [1.807, 2.05) is 0 Å². The first-order valence-electron chi connectivity index (χ1n) is 7.05. The van der Waals surface area contributed by atoms with E-state index in [-0.39, 0.29) is 0 Å². The summed E-state index contributed by atoms with van der Waals surface area (Å²) in [5.74, 6) is -2.22. The molecule has 0 aromatic carbocycles. The van der Waals surface area contributed by atoms with Gasteiger partial charge in [0, 0.05) is 0 Å². The van der Waals surface area contributed by atoms with Crippen LogP contribution in [0.25, 0.3) is 0 Å². The van der Waals surface area contributed by atoms with Gasteiger partial charge in [0.2, 0.25) is 5.79 Å². The van der Waals surface area contributed by atoms with Crippen molar-refractivity contribution in [2.75, 3.05) is 19.8 Å². The fourth-order valence-electron chi connectivity index (χ4n) is 2.63. The van der Waals surface area contributed by atoms with E-state index in [0.29, 0.717) is 0 Å². The number of rotatable bonds is 5. The Labute approximate surface area is 130 Å². The van der Waals surface area contributed by atoms with Crippen molar-refractivity contribution in [1.29, 1.82) is 0 Å². The Hall–Kier alpha value is -0.440. The summed E-state index contributed by atoms with van der Waals surface area (Å²) < 4.78 is 15.4. The minimum Gasteiger partial charge on any atom is -0.394 e. The predicted octanol–water partition coefficient (Wildman–Crippen LogP) is -5.40. The first-order valence-corrected chi connectivity index (χ1v) is 7.05. The highest BCUT2D eigenvalue weighted by molar-refractivity contribution is 4.98. The summed E-state index contributed by atoms with van der Waals surface area (Å²) in [5, 5.41) is 76.7. The molecule has 0 aliphatic carbocycles. The van der Waals surface area contributed by atoms with Crippen LogP contribution in [0.3, 0.4) is 0 Å². The molecule has 0 bridgehead atoms. The molecule has 0 spiro atoms. The molecule has 23 heavy (non-hydrogen) atoms. The van der Waals surface area contributed by atoms with Crippen molar-refractivity contribution in [3.05, 3.63) is 0 Å². The average Bonchev–Trinajstić information content (AvgIpc) is 2.80. The van der Waals surface area contributed by atoms with Crippen molar-refractivity contribution < 1.29 is 55.1 Å². The van der Waals surface area contributed by atoms with Crippen LogP contribution < -0.4 is 0 Å². The molecule has 0 saturated carbocycles. The molecule has 5 unspecified atom stereocenters. The zero-order valence-electron chi connectivity index (χ0n) is 12.0. The topological polar surface area (TPSA) is 190 Å². The first kappa shape index (κ1) is 18.9. The molecule has 0 amide bonds. The lowest BCUT2D eigenvalue weighted by Crippen LogP contribution is -2.62. The van der Waals surface area contributed by atoms with Crippen molar-refractivity contribution in [3.8, 4) is 0 Å². The van der Waals surface area contributed by atoms with Crippen molar-refractivity contribution in [2.45, 2.75) is 54.8 Å². The molecule has 0 radical (unpaired) electrons. The molecule has 2 aliphatic heterocycles. The number of hydrogen-bond acceptors (Lipinski definition) is 11. The molecule has 9 atom stereocenters. The van der Waals surface area contributed by atoms with E-state index in [1.165, 1.54) is 0 Å². The third-order valence-corrected chi connectivity index (χ3v) is 4.07. The molecule has 2 heterocycles. The fourth-order valence-corrected chi connectivity index (χ4v) is 2.63. The van der Waals surface area contributed by atoms with E-state index in [2.05, 4.69) is 0 Å². The van der Waals surface area contributed by atoms with E-state index < -0.39 is 74.6 Å². The maximum absolute atomic E-state index is 10.00. The number of aliphatic hydroxyl groups excluding tert-OH is 8. The van der Waals surface area contributed by atoms with Crippen LogP contribution in [0.5, 0.6) is 0 Å². The molecular weight excluding hydrogens is 320 g/mol. The third kappa shape index (κ3) is 3.23. The first-order chi connectivity index (χ1) is 10.8. The molecule has 2 fully saturated rings. The van der Waals surface area contributed by atoms with E-state index in [0.717, 1.165) is 0 Å². The third-order valence-electron chi connectivity index (χ3n) is 4.07. The zero-order valence-corrected chi connectivity index (χ0v) is 12.0. The van der Waals surface area contributed by atoms with Gasteiger partial charge in [0.05, 0.1) is 13.2 Å². The van der Waals surface area contributed by atoms with E-state index >= 15 is 0 Å². The van der Waals surface area contributed by atoms with Gasteiger partial charge in [-0.05, 0) is 0 Å². The largest absolute Gasteiger partial charge is 0.394 e. The standard InChI is InChI=1S/C12H22O11/c13-1-4-6(16)8(18)9(19)11(21-4)23-12(3-15)10(20)7(17)5(2-14)22-12/h4-11,13-20H,1-3H2/t4?,5-,6-,7?,8?,9?,10?,11-,12-/m0/s1. The molecular formula is C12H22O11. The lowest BCUT2D eigenvalue weighted by atomic mass is 9.99. The summed E-state index contributed by atoms with van der Waals surface area (Å²) >= 11 is 0. The molecule has 11 heteroatoms. The van der Waals surface area contributed by atoms with Gasteiger partial charge < -0.3 is 55.1 Å². The van der Waals surface area contributed by atoms with Gasteiger partial charge in [-0.2, -0.15) is 0 Å². The molecule has 0 aromatic rings. The molecule has 11 nitrogen and oxygen atoms in total. The van der Waals surface area contributed by atoms with Crippen molar-refractivity contribution >= 4 is 0 Å². The molecule has 2 rings (SSSR count). The maximum Gasteiger partial charge on any atom is 0.224 e. The summed E-state index contributed by atoms with van der Waals surface area (Å²) in [4.78, 5) is 0. The Bertz CT molecular complexity index is 393. The van der Waals surface area contributed by atoms with Crippen LogP contribution in [-0.4, -0.2) is 115 Å². The van der Waals surface area contributed by atoms with Crippen LogP contribution in [0, 0.1) is 0 Å². The van der Waals surface area contributed by atoms with Gasteiger partial charge in [-0.15, -0.1) is 0 Å². The Morgan fingerprint density at radius 2 is 1.39 bits per heavy atom. The van der Waals surface area contributed by atoms with Crippen LogP contribution in [0.15, 0.2) is 0 Å². The van der Waals surface area contributed by atoms with Crippen LogP contribution >= 0.6 is 0 Å². The number of aliphatic hydroxyl groups is 8. The van der Waals surface area contributed by atoms with Crippen LogP contribution in [-0.2, 0) is 14.2 Å². The Morgan fingerprint density at radius 3 is 1.87 bits per heavy atom. The fraction of sp³-hybridized carbons (Fsp3) is 1.00. The minimum atomic E-state index is -2.22. The lowest BCUT2D eigenvalue weighted by Gasteiger charge is -2.43. The zero-order chi connectivity index (χ0) is 17.4. The van der Waals surface area contributed by atoms with Gasteiger partial charge >= 0.3 is 0 Å². The van der Waals surface area contributed by atoms with E-state index in [9.17, 15) is 30.6 Å². The molecule has 136 valence electrons. The summed E-state index contributed by atoms with van der Waals surface area (Å²) in [6, 6.07) is 0. The van der Waals surface area contributed by atoms with E-state index in [1.54, 1.807) is 0 Å². The quantitative estimate of drug-likeness (QED) is 0.238. The number of ether oxygens (including phenoxy) is 3. The predicted molar refractivity (Wildman–Crippen MR) is 68.6 cm³/mol. The van der Waals surface area contributed by atoms with Crippen LogP contribution in [0.1, 0.15) is 0 Å². The molecule has 2 aliphatic rings. The molecule has 2 saturated heterocycles.